The highest BCUT2D eigenvalue weighted by molar-refractivity contribution is 6.08. The molecule has 0 atom stereocenters. The fourth-order valence-corrected chi connectivity index (χ4v) is 3.21. The van der Waals surface area contributed by atoms with Crippen molar-refractivity contribution in [2.45, 2.75) is 0 Å². The number of benzene rings is 3. The predicted octanol–water partition coefficient (Wildman–Crippen LogP) is 4.29. The topological polar surface area (TPSA) is 111 Å². The summed E-state index contributed by atoms with van der Waals surface area (Å²) in [6.07, 6.45) is 1.70. The summed E-state index contributed by atoms with van der Waals surface area (Å²) in [7, 11) is 1.59. The van der Waals surface area contributed by atoms with Crippen LogP contribution in [0.15, 0.2) is 85.1 Å². The zero-order valence-electron chi connectivity index (χ0n) is 17.3. The molecule has 3 amide bonds. The van der Waals surface area contributed by atoms with E-state index in [1.807, 2.05) is 54.6 Å². The minimum Gasteiger partial charge on any atom is -0.497 e. The van der Waals surface area contributed by atoms with E-state index >= 15 is 0 Å². The summed E-state index contributed by atoms with van der Waals surface area (Å²) in [6, 6.07) is 22.9. The maximum atomic E-state index is 13.2. The number of rotatable bonds is 6. The van der Waals surface area contributed by atoms with Crippen LogP contribution in [0, 0.1) is 0 Å². The van der Waals surface area contributed by atoms with Crippen molar-refractivity contribution in [2.24, 2.45) is 5.73 Å². The highest BCUT2D eigenvalue weighted by Gasteiger charge is 2.19. The number of nitrogens with one attached hydrogen (secondary N) is 2. The fourth-order valence-electron chi connectivity index (χ4n) is 3.21. The molecule has 0 aliphatic carbocycles. The minimum atomic E-state index is -0.655. The summed E-state index contributed by atoms with van der Waals surface area (Å²) in [4.78, 5) is 24.2. The van der Waals surface area contributed by atoms with Crippen molar-refractivity contribution < 1.29 is 14.3 Å². The standard InChI is InChI=1S/C24H21N5O3/c1-32-20-9-5-6-16(14-20)22-21(15-29(28-22)19-7-3-2-4-8-19)23(30)26-17-10-12-18(13-11-17)27-24(25)31/h2-15H,1H3,(H,26,30)(H3,25,27,31). The van der Waals surface area contributed by atoms with Crippen molar-refractivity contribution in [1.82, 2.24) is 9.78 Å². The van der Waals surface area contributed by atoms with Gasteiger partial charge in [0.2, 0.25) is 0 Å². The van der Waals surface area contributed by atoms with Crippen LogP contribution in [0.25, 0.3) is 16.9 Å². The monoisotopic (exact) mass is 427 g/mol. The maximum absolute atomic E-state index is 13.2. The smallest absolute Gasteiger partial charge is 0.316 e. The number of aromatic nitrogens is 2. The molecule has 0 bridgehead atoms. The molecule has 0 fully saturated rings. The van der Waals surface area contributed by atoms with Gasteiger partial charge in [0.15, 0.2) is 0 Å². The molecule has 3 aromatic carbocycles. The largest absolute Gasteiger partial charge is 0.497 e. The number of anilines is 2. The van der Waals surface area contributed by atoms with Gasteiger partial charge in [-0.2, -0.15) is 5.10 Å². The van der Waals surface area contributed by atoms with Crippen LogP contribution in [0.5, 0.6) is 5.75 Å². The lowest BCUT2D eigenvalue weighted by atomic mass is 10.1. The number of hydrogen-bond donors (Lipinski definition) is 3. The molecule has 32 heavy (non-hydrogen) atoms. The molecule has 0 aliphatic rings. The Labute approximate surface area is 184 Å². The van der Waals surface area contributed by atoms with E-state index in [9.17, 15) is 9.59 Å². The first-order valence-corrected chi connectivity index (χ1v) is 9.81. The summed E-state index contributed by atoms with van der Waals surface area (Å²) in [6.45, 7) is 0. The lowest BCUT2D eigenvalue weighted by Crippen LogP contribution is -2.19. The normalized spacial score (nSPS) is 10.4. The van der Waals surface area contributed by atoms with Crippen LogP contribution in [0.4, 0.5) is 16.2 Å². The lowest BCUT2D eigenvalue weighted by molar-refractivity contribution is 0.102. The van der Waals surface area contributed by atoms with Gasteiger partial charge in [0.05, 0.1) is 18.4 Å². The zero-order chi connectivity index (χ0) is 22.5. The van der Waals surface area contributed by atoms with E-state index in [4.69, 9.17) is 10.5 Å². The van der Waals surface area contributed by atoms with Gasteiger partial charge in [-0.15, -0.1) is 0 Å². The zero-order valence-corrected chi connectivity index (χ0v) is 17.3. The number of primary amides is 1. The molecule has 160 valence electrons. The summed E-state index contributed by atoms with van der Waals surface area (Å²) >= 11 is 0. The van der Waals surface area contributed by atoms with Gasteiger partial charge in [0.25, 0.3) is 5.91 Å². The minimum absolute atomic E-state index is 0.319. The van der Waals surface area contributed by atoms with Gasteiger partial charge in [0.1, 0.15) is 11.4 Å². The van der Waals surface area contributed by atoms with Crippen LogP contribution >= 0.6 is 0 Å². The van der Waals surface area contributed by atoms with Crippen molar-refractivity contribution in [2.75, 3.05) is 17.7 Å². The summed E-state index contributed by atoms with van der Waals surface area (Å²) in [5.41, 5.74) is 8.74. The Morgan fingerprint density at radius 3 is 2.25 bits per heavy atom. The van der Waals surface area contributed by atoms with Gasteiger partial charge in [-0.25, -0.2) is 9.48 Å². The maximum Gasteiger partial charge on any atom is 0.316 e. The van der Waals surface area contributed by atoms with Crippen molar-refractivity contribution in [3.63, 3.8) is 0 Å². The molecule has 4 rings (SSSR count). The highest BCUT2D eigenvalue weighted by atomic mass is 16.5. The number of nitrogens with zero attached hydrogens (tertiary/aromatic N) is 2. The Morgan fingerprint density at radius 2 is 1.59 bits per heavy atom. The molecular formula is C24H21N5O3. The van der Waals surface area contributed by atoms with E-state index < -0.39 is 6.03 Å². The summed E-state index contributed by atoms with van der Waals surface area (Å²) < 4.78 is 7.00. The van der Waals surface area contributed by atoms with E-state index in [1.54, 1.807) is 42.3 Å². The number of para-hydroxylation sites is 1. The molecule has 8 nitrogen and oxygen atoms in total. The summed E-state index contributed by atoms with van der Waals surface area (Å²) in [5.74, 6) is 0.348. The van der Waals surface area contributed by atoms with E-state index in [2.05, 4.69) is 15.7 Å². The average Bonchev–Trinajstić information content (AvgIpc) is 3.26. The molecule has 8 heteroatoms. The van der Waals surface area contributed by atoms with Crippen LogP contribution in [-0.4, -0.2) is 28.8 Å². The molecule has 1 heterocycles. The quantitative estimate of drug-likeness (QED) is 0.426. The van der Waals surface area contributed by atoms with E-state index in [1.165, 1.54) is 0 Å². The molecule has 0 radical (unpaired) electrons. The second-order valence-corrected chi connectivity index (χ2v) is 6.92. The predicted molar refractivity (Wildman–Crippen MR) is 123 cm³/mol. The molecule has 0 saturated heterocycles. The first-order valence-electron chi connectivity index (χ1n) is 9.81. The van der Waals surface area contributed by atoms with Gasteiger partial charge in [0, 0.05) is 23.1 Å². The molecule has 0 unspecified atom stereocenters. The molecular weight excluding hydrogens is 406 g/mol. The van der Waals surface area contributed by atoms with Crippen LogP contribution in [-0.2, 0) is 0 Å². The third-order valence-corrected chi connectivity index (χ3v) is 4.73. The number of carbonyl (C=O) groups excluding carboxylic acids is 2. The van der Waals surface area contributed by atoms with Gasteiger partial charge in [-0.1, -0.05) is 30.3 Å². The number of urea groups is 1. The molecule has 4 N–H and O–H groups in total. The molecule has 1 aromatic heterocycles. The van der Waals surface area contributed by atoms with Gasteiger partial charge >= 0.3 is 6.03 Å². The number of methoxy groups -OCH3 is 1. The van der Waals surface area contributed by atoms with Crippen molar-refractivity contribution in [1.29, 1.82) is 0 Å². The molecule has 4 aromatic rings. The number of amides is 3. The number of nitrogens with two attached hydrogens (primary N) is 1. The third kappa shape index (κ3) is 4.59. The van der Waals surface area contributed by atoms with Crippen LogP contribution in [0.1, 0.15) is 10.4 Å². The molecule has 0 spiro atoms. The number of hydrogen-bond acceptors (Lipinski definition) is 4. The van der Waals surface area contributed by atoms with Gasteiger partial charge < -0.3 is 21.1 Å². The van der Waals surface area contributed by atoms with E-state index in [0.29, 0.717) is 28.4 Å². The molecule has 0 aliphatic heterocycles. The van der Waals surface area contributed by atoms with Crippen LogP contribution in [0.3, 0.4) is 0 Å². The first kappa shape index (κ1) is 20.7. The fraction of sp³-hybridized carbons (Fsp3) is 0.0417. The van der Waals surface area contributed by atoms with Crippen molar-refractivity contribution in [3.8, 4) is 22.7 Å². The third-order valence-electron chi connectivity index (χ3n) is 4.73. The number of carbonyl (C=O) groups is 2. The van der Waals surface area contributed by atoms with Crippen molar-refractivity contribution in [3.05, 3.63) is 90.6 Å². The van der Waals surface area contributed by atoms with Crippen LogP contribution in [0.2, 0.25) is 0 Å². The Balaban J connectivity index is 1.69. The second kappa shape index (κ2) is 9.05. The van der Waals surface area contributed by atoms with Gasteiger partial charge in [-0.3, -0.25) is 4.79 Å². The average molecular weight is 427 g/mol. The molecule has 0 saturated carbocycles. The Morgan fingerprint density at radius 1 is 0.906 bits per heavy atom. The Hall–Kier alpha value is -4.59. The SMILES string of the molecule is COc1cccc(-c2nn(-c3ccccc3)cc2C(=O)Nc2ccc(NC(N)=O)cc2)c1. The lowest BCUT2D eigenvalue weighted by Gasteiger charge is -2.08. The Kier molecular flexibility index (Phi) is 5.85. The van der Waals surface area contributed by atoms with Gasteiger partial charge in [-0.05, 0) is 48.5 Å². The Bertz CT molecular complexity index is 1250. The van der Waals surface area contributed by atoms with Crippen molar-refractivity contribution >= 4 is 23.3 Å². The van der Waals surface area contributed by atoms with E-state index in [-0.39, 0.29) is 5.91 Å². The van der Waals surface area contributed by atoms with E-state index in [0.717, 1.165) is 11.3 Å². The number of ether oxygens (including phenoxy) is 1. The first-order chi connectivity index (χ1) is 15.5. The highest BCUT2D eigenvalue weighted by Crippen LogP contribution is 2.28. The van der Waals surface area contributed by atoms with Crippen LogP contribution < -0.4 is 21.1 Å². The second-order valence-electron chi connectivity index (χ2n) is 6.92. The summed E-state index contributed by atoms with van der Waals surface area (Å²) in [5, 5.41) is 10.0.